The van der Waals surface area contributed by atoms with Crippen molar-refractivity contribution in [3.05, 3.63) is 96.6 Å². The van der Waals surface area contributed by atoms with Crippen molar-refractivity contribution >= 4 is 17.9 Å². The zero-order valence-electron chi connectivity index (χ0n) is 16.8. The Morgan fingerprint density at radius 1 is 0.862 bits per heavy atom. The summed E-state index contributed by atoms with van der Waals surface area (Å²) in [6.45, 7) is 1.99. The van der Waals surface area contributed by atoms with E-state index in [1.165, 1.54) is 5.56 Å². The first-order chi connectivity index (χ1) is 14.1. The fraction of sp³-hybridized carbons (Fsp3) is 0.240. The van der Waals surface area contributed by atoms with Crippen LogP contribution in [0.15, 0.2) is 91.0 Å². The molecule has 0 heterocycles. The fourth-order valence-corrected chi connectivity index (χ4v) is 6.23. The predicted molar refractivity (Wildman–Crippen MR) is 121 cm³/mol. The number of nitriles is 1. The molecule has 0 fully saturated rings. The van der Waals surface area contributed by atoms with Gasteiger partial charge >= 0.3 is 0 Å². The molecule has 1 atom stereocenters. The summed E-state index contributed by atoms with van der Waals surface area (Å²) in [4.78, 5) is 0. The second-order valence-electron chi connectivity index (χ2n) is 7.28. The highest BCUT2D eigenvalue weighted by molar-refractivity contribution is 7.77. The molecular formula is C25H27N2OP. The number of aryl methyl sites for hydroxylation is 1. The van der Waals surface area contributed by atoms with Crippen molar-refractivity contribution in [1.82, 2.24) is 5.09 Å². The maximum absolute atomic E-state index is 14.3. The highest BCUT2D eigenvalue weighted by Gasteiger charge is 2.38. The molecule has 0 bridgehead atoms. The molecule has 1 N–H and O–H groups in total. The Balaban J connectivity index is 1.89. The maximum atomic E-state index is 14.3. The van der Waals surface area contributed by atoms with E-state index in [0.717, 1.165) is 23.5 Å². The van der Waals surface area contributed by atoms with E-state index in [1.54, 1.807) is 0 Å². The smallest absolute Gasteiger partial charge is 0.205 e. The van der Waals surface area contributed by atoms with Gasteiger partial charge in [-0.2, -0.15) is 5.26 Å². The Labute approximate surface area is 173 Å². The number of nitrogens with one attached hydrogen (secondary N) is 1. The molecule has 0 aliphatic rings. The average molecular weight is 402 g/mol. The molecule has 3 nitrogen and oxygen atoms in total. The second kappa shape index (κ2) is 9.70. The predicted octanol–water partition coefficient (Wildman–Crippen LogP) is 5.20. The van der Waals surface area contributed by atoms with Crippen molar-refractivity contribution in [3.63, 3.8) is 0 Å². The SMILES string of the molecule is CC[C@](C#N)(CCCc1ccccc1)NP(=O)(c1ccccc1)c1ccccc1. The van der Waals surface area contributed by atoms with Crippen molar-refractivity contribution in [3.8, 4) is 6.07 Å². The summed E-state index contributed by atoms with van der Waals surface area (Å²) < 4.78 is 14.3. The first kappa shape index (κ1) is 21.1. The van der Waals surface area contributed by atoms with Crippen LogP contribution in [-0.4, -0.2) is 5.54 Å². The molecule has 0 spiro atoms. The molecule has 0 saturated heterocycles. The van der Waals surface area contributed by atoms with E-state index in [4.69, 9.17) is 0 Å². The van der Waals surface area contributed by atoms with Crippen LogP contribution in [0.5, 0.6) is 0 Å². The number of rotatable bonds is 9. The minimum absolute atomic E-state index is 0.585. The Kier molecular flexibility index (Phi) is 7.04. The normalized spacial score (nSPS) is 13.4. The molecule has 0 aliphatic carbocycles. The van der Waals surface area contributed by atoms with Crippen molar-refractivity contribution in [2.75, 3.05) is 0 Å². The van der Waals surface area contributed by atoms with Gasteiger partial charge in [-0.25, -0.2) is 5.09 Å². The standard InChI is InChI=1S/C25H27N2OP/c1-2-25(21-26,20-12-15-22-13-6-3-7-14-22)27-29(28,23-16-8-4-9-17-23)24-18-10-5-11-19-24/h3-11,13-14,16-19H,2,12,15,20H2,1H3,(H,27,28)/t25-/m1/s1. The maximum Gasteiger partial charge on any atom is 0.205 e. The number of hydrogen-bond donors (Lipinski definition) is 1. The van der Waals surface area contributed by atoms with Crippen LogP contribution in [0.25, 0.3) is 0 Å². The van der Waals surface area contributed by atoms with Gasteiger partial charge in [0, 0.05) is 10.6 Å². The Morgan fingerprint density at radius 2 is 1.34 bits per heavy atom. The highest BCUT2D eigenvalue weighted by Crippen LogP contribution is 2.42. The molecule has 0 unspecified atom stereocenters. The lowest BCUT2D eigenvalue weighted by atomic mass is 9.91. The Hall–Kier alpha value is -2.66. The van der Waals surface area contributed by atoms with Crippen LogP contribution in [-0.2, 0) is 11.0 Å². The van der Waals surface area contributed by atoms with Gasteiger partial charge in [0.15, 0.2) is 0 Å². The third-order valence-corrected chi connectivity index (χ3v) is 8.13. The van der Waals surface area contributed by atoms with Gasteiger partial charge in [-0.1, -0.05) is 73.7 Å². The van der Waals surface area contributed by atoms with E-state index in [0.29, 0.717) is 12.8 Å². The zero-order chi connectivity index (χ0) is 20.6. The molecule has 29 heavy (non-hydrogen) atoms. The molecule has 0 saturated carbocycles. The third-order valence-electron chi connectivity index (χ3n) is 5.34. The lowest BCUT2D eigenvalue weighted by molar-refractivity contribution is 0.422. The van der Waals surface area contributed by atoms with Gasteiger partial charge in [0.2, 0.25) is 7.29 Å². The van der Waals surface area contributed by atoms with Crippen LogP contribution >= 0.6 is 7.29 Å². The summed E-state index contributed by atoms with van der Waals surface area (Å²) in [5.74, 6) is 0. The van der Waals surface area contributed by atoms with Crippen molar-refractivity contribution in [2.45, 2.75) is 38.1 Å². The van der Waals surface area contributed by atoms with Crippen LogP contribution in [0.2, 0.25) is 0 Å². The number of nitrogens with zero attached hydrogens (tertiary/aromatic N) is 1. The van der Waals surface area contributed by atoms with Crippen LogP contribution in [0, 0.1) is 11.3 Å². The number of benzene rings is 3. The molecule has 3 aromatic carbocycles. The van der Waals surface area contributed by atoms with Crippen LogP contribution in [0.4, 0.5) is 0 Å². The van der Waals surface area contributed by atoms with Crippen molar-refractivity contribution in [2.24, 2.45) is 0 Å². The first-order valence-corrected chi connectivity index (χ1v) is 11.8. The fourth-order valence-electron chi connectivity index (χ4n) is 3.57. The minimum atomic E-state index is -3.16. The lowest BCUT2D eigenvalue weighted by Gasteiger charge is -2.32. The van der Waals surface area contributed by atoms with Gasteiger partial charge in [-0.15, -0.1) is 0 Å². The second-order valence-corrected chi connectivity index (χ2v) is 9.75. The zero-order valence-corrected chi connectivity index (χ0v) is 17.7. The summed E-state index contributed by atoms with van der Waals surface area (Å²) >= 11 is 0. The summed E-state index contributed by atoms with van der Waals surface area (Å²) in [6, 6.07) is 31.6. The van der Waals surface area contributed by atoms with Gasteiger partial charge in [0.25, 0.3) is 0 Å². The first-order valence-electron chi connectivity index (χ1n) is 10.1. The minimum Gasteiger partial charge on any atom is -0.296 e. The summed E-state index contributed by atoms with van der Waals surface area (Å²) in [5, 5.41) is 14.9. The van der Waals surface area contributed by atoms with Crippen molar-refractivity contribution in [1.29, 1.82) is 5.26 Å². The molecule has 148 valence electrons. The highest BCUT2D eigenvalue weighted by atomic mass is 31.2. The van der Waals surface area contributed by atoms with Crippen LogP contribution in [0.1, 0.15) is 31.7 Å². The van der Waals surface area contributed by atoms with Crippen molar-refractivity contribution < 1.29 is 4.57 Å². The van der Waals surface area contributed by atoms with Gasteiger partial charge in [-0.05, 0) is 55.5 Å². The van der Waals surface area contributed by atoms with Crippen LogP contribution in [0.3, 0.4) is 0 Å². The molecule has 0 aliphatic heterocycles. The number of hydrogen-bond acceptors (Lipinski definition) is 2. The van der Waals surface area contributed by atoms with E-state index in [1.807, 2.05) is 85.8 Å². The van der Waals surface area contributed by atoms with E-state index in [9.17, 15) is 9.83 Å². The summed E-state index contributed by atoms with van der Waals surface area (Å²) in [5.41, 5.74) is 0.403. The Morgan fingerprint density at radius 3 is 1.79 bits per heavy atom. The van der Waals surface area contributed by atoms with Gasteiger partial charge in [-0.3, -0.25) is 4.57 Å². The molecule has 0 radical (unpaired) electrons. The molecule has 3 aromatic rings. The molecule has 3 rings (SSSR count). The van der Waals surface area contributed by atoms with Gasteiger partial charge < -0.3 is 0 Å². The topological polar surface area (TPSA) is 52.9 Å². The summed E-state index contributed by atoms with van der Waals surface area (Å²) in [7, 11) is -3.16. The van der Waals surface area contributed by atoms with E-state index >= 15 is 0 Å². The Bertz CT molecular complexity index is 940. The van der Waals surface area contributed by atoms with E-state index in [-0.39, 0.29) is 0 Å². The molecule has 0 amide bonds. The summed E-state index contributed by atoms with van der Waals surface area (Å²) in [6.07, 6.45) is 2.97. The third kappa shape index (κ3) is 5.04. The van der Waals surface area contributed by atoms with Crippen LogP contribution < -0.4 is 15.7 Å². The van der Waals surface area contributed by atoms with Gasteiger partial charge in [0.1, 0.15) is 5.54 Å². The van der Waals surface area contributed by atoms with E-state index < -0.39 is 12.8 Å². The van der Waals surface area contributed by atoms with E-state index in [2.05, 4.69) is 23.3 Å². The monoisotopic (exact) mass is 402 g/mol. The largest absolute Gasteiger partial charge is 0.296 e. The average Bonchev–Trinajstić information content (AvgIpc) is 2.80. The molecule has 4 heteroatoms. The molecule has 0 aromatic heterocycles. The van der Waals surface area contributed by atoms with Gasteiger partial charge in [0.05, 0.1) is 6.07 Å². The quantitative estimate of drug-likeness (QED) is 0.501. The lowest BCUT2D eigenvalue weighted by Crippen LogP contribution is -2.45. The molecular weight excluding hydrogens is 375 g/mol.